The molecule has 1 saturated heterocycles. The van der Waals surface area contributed by atoms with Gasteiger partial charge >= 0.3 is 0 Å². The molecule has 1 atom stereocenters. The molecule has 2 aromatic rings. The number of sulfone groups is 1. The van der Waals surface area contributed by atoms with Crippen molar-refractivity contribution < 1.29 is 17.9 Å². The maximum absolute atomic E-state index is 12.7. The quantitative estimate of drug-likeness (QED) is 0.749. The molecule has 25 heavy (non-hydrogen) atoms. The third kappa shape index (κ3) is 4.96. The number of thiophene rings is 1. The van der Waals surface area contributed by atoms with Crippen LogP contribution >= 0.6 is 22.9 Å². The number of carbonyl (C=O) groups is 1. The van der Waals surface area contributed by atoms with Crippen LogP contribution < -0.4 is 4.74 Å². The fraction of sp³-hybridized carbons (Fsp3) is 0.353. The van der Waals surface area contributed by atoms with E-state index in [4.69, 9.17) is 16.3 Å². The minimum atomic E-state index is -3.07. The zero-order valence-corrected chi connectivity index (χ0v) is 15.8. The van der Waals surface area contributed by atoms with E-state index >= 15 is 0 Å². The van der Waals surface area contributed by atoms with Crippen LogP contribution in [0.15, 0.2) is 41.8 Å². The molecule has 0 N–H and O–H groups in total. The molecule has 8 heteroatoms. The van der Waals surface area contributed by atoms with Gasteiger partial charge in [0.25, 0.3) is 5.91 Å². The largest absolute Gasteiger partial charge is 0.484 e. The molecule has 0 spiro atoms. The van der Waals surface area contributed by atoms with Crippen LogP contribution in [0.4, 0.5) is 0 Å². The van der Waals surface area contributed by atoms with Gasteiger partial charge in [-0.3, -0.25) is 4.79 Å². The maximum Gasteiger partial charge on any atom is 0.261 e. The molecule has 0 saturated carbocycles. The first kappa shape index (κ1) is 18.2. The topological polar surface area (TPSA) is 63.7 Å². The molecule has 1 aromatic heterocycles. The minimum Gasteiger partial charge on any atom is -0.484 e. The second-order valence-electron chi connectivity index (χ2n) is 5.90. The molecule has 0 radical (unpaired) electrons. The Morgan fingerprint density at radius 1 is 1.32 bits per heavy atom. The summed E-state index contributed by atoms with van der Waals surface area (Å²) in [4.78, 5) is 15.3. The van der Waals surface area contributed by atoms with Gasteiger partial charge in [0, 0.05) is 15.9 Å². The van der Waals surface area contributed by atoms with Gasteiger partial charge in [-0.25, -0.2) is 8.42 Å². The molecule has 1 amide bonds. The van der Waals surface area contributed by atoms with Gasteiger partial charge in [0.1, 0.15) is 5.75 Å². The van der Waals surface area contributed by atoms with Gasteiger partial charge in [-0.05, 0) is 36.1 Å². The fourth-order valence-corrected chi connectivity index (χ4v) is 5.41. The highest BCUT2D eigenvalue weighted by Gasteiger charge is 2.34. The second-order valence-corrected chi connectivity index (χ2v) is 9.60. The van der Waals surface area contributed by atoms with E-state index in [9.17, 15) is 13.2 Å². The molecular formula is C17H18ClNO4S2. The molecular weight excluding hydrogens is 382 g/mol. The number of benzene rings is 1. The molecule has 1 unspecified atom stereocenters. The lowest BCUT2D eigenvalue weighted by Gasteiger charge is -2.28. The number of halogens is 1. The number of ether oxygens (including phenoxy) is 1. The Labute approximate surface area is 156 Å². The van der Waals surface area contributed by atoms with Gasteiger partial charge in [-0.2, -0.15) is 0 Å². The van der Waals surface area contributed by atoms with Gasteiger partial charge in [0.2, 0.25) is 0 Å². The van der Waals surface area contributed by atoms with Crippen molar-refractivity contribution in [1.29, 1.82) is 0 Å². The molecule has 1 aromatic carbocycles. The van der Waals surface area contributed by atoms with E-state index in [-0.39, 0.29) is 30.1 Å². The molecule has 5 nitrogen and oxygen atoms in total. The summed E-state index contributed by atoms with van der Waals surface area (Å²) in [5.74, 6) is 0.425. The van der Waals surface area contributed by atoms with Crippen molar-refractivity contribution in [3.63, 3.8) is 0 Å². The van der Waals surface area contributed by atoms with Crippen LogP contribution in [-0.2, 0) is 21.2 Å². The molecule has 2 heterocycles. The van der Waals surface area contributed by atoms with Crippen molar-refractivity contribution in [2.75, 3.05) is 18.1 Å². The van der Waals surface area contributed by atoms with E-state index in [0.717, 1.165) is 4.88 Å². The number of amides is 1. The number of nitrogens with zero attached hydrogens (tertiary/aromatic N) is 1. The molecule has 1 fully saturated rings. The monoisotopic (exact) mass is 399 g/mol. The summed E-state index contributed by atoms with van der Waals surface area (Å²) in [6.07, 6.45) is 0.469. The van der Waals surface area contributed by atoms with Gasteiger partial charge in [0.15, 0.2) is 16.4 Å². The first-order valence-electron chi connectivity index (χ1n) is 7.83. The van der Waals surface area contributed by atoms with Gasteiger partial charge < -0.3 is 9.64 Å². The molecule has 3 rings (SSSR count). The SMILES string of the molecule is O=C(COc1cccc(Cl)c1)N(Cc1cccs1)C1CCS(=O)(=O)C1. The third-order valence-electron chi connectivity index (χ3n) is 4.03. The number of carbonyl (C=O) groups excluding carboxylic acids is 1. The lowest BCUT2D eigenvalue weighted by atomic mass is 10.2. The van der Waals surface area contributed by atoms with Crippen molar-refractivity contribution in [2.24, 2.45) is 0 Å². The molecule has 1 aliphatic rings. The minimum absolute atomic E-state index is 0.0152. The van der Waals surface area contributed by atoms with Gasteiger partial charge in [0.05, 0.1) is 18.1 Å². The normalized spacial score (nSPS) is 18.8. The van der Waals surface area contributed by atoms with Crippen molar-refractivity contribution in [2.45, 2.75) is 19.0 Å². The predicted molar refractivity (Wildman–Crippen MR) is 98.9 cm³/mol. The Hall–Kier alpha value is -1.57. The highest BCUT2D eigenvalue weighted by molar-refractivity contribution is 7.91. The number of hydrogen-bond acceptors (Lipinski definition) is 5. The van der Waals surface area contributed by atoms with Gasteiger partial charge in [-0.15, -0.1) is 11.3 Å². The molecule has 134 valence electrons. The summed E-state index contributed by atoms with van der Waals surface area (Å²) < 4.78 is 29.2. The van der Waals surface area contributed by atoms with Gasteiger partial charge in [-0.1, -0.05) is 23.7 Å². The second kappa shape index (κ2) is 7.76. The van der Waals surface area contributed by atoms with Crippen molar-refractivity contribution in [1.82, 2.24) is 4.90 Å². The lowest BCUT2D eigenvalue weighted by molar-refractivity contribution is -0.135. The molecule has 0 bridgehead atoms. The van der Waals surface area contributed by atoms with Crippen LogP contribution in [0.2, 0.25) is 5.02 Å². The van der Waals surface area contributed by atoms with E-state index < -0.39 is 9.84 Å². The highest BCUT2D eigenvalue weighted by atomic mass is 35.5. The van der Waals surface area contributed by atoms with Crippen molar-refractivity contribution in [3.05, 3.63) is 51.7 Å². The number of hydrogen-bond donors (Lipinski definition) is 0. The Bertz CT molecular complexity index is 836. The summed E-state index contributed by atoms with van der Waals surface area (Å²) in [6.45, 7) is 0.248. The summed E-state index contributed by atoms with van der Waals surface area (Å²) in [6, 6.07) is 10.4. The van der Waals surface area contributed by atoms with Crippen LogP contribution in [0.25, 0.3) is 0 Å². The zero-order chi connectivity index (χ0) is 17.9. The first-order chi connectivity index (χ1) is 11.9. The average molecular weight is 400 g/mol. The summed E-state index contributed by atoms with van der Waals surface area (Å²) >= 11 is 7.45. The first-order valence-corrected chi connectivity index (χ1v) is 10.9. The molecule has 1 aliphatic heterocycles. The standard InChI is InChI=1S/C17H18ClNO4S2/c18-13-3-1-4-15(9-13)23-11-17(20)19(10-16-5-2-7-24-16)14-6-8-25(21,22)12-14/h1-5,7,9,14H,6,8,10-12H2. The lowest BCUT2D eigenvalue weighted by Crippen LogP contribution is -2.42. The zero-order valence-electron chi connectivity index (χ0n) is 13.4. The third-order valence-corrected chi connectivity index (χ3v) is 6.88. The smallest absolute Gasteiger partial charge is 0.261 e. The van der Waals surface area contributed by atoms with E-state index in [1.165, 1.54) is 0 Å². The van der Waals surface area contributed by atoms with Crippen LogP contribution in [0, 0.1) is 0 Å². The van der Waals surface area contributed by atoms with E-state index in [1.54, 1.807) is 40.5 Å². The highest BCUT2D eigenvalue weighted by Crippen LogP contribution is 2.23. The summed E-state index contributed by atoms with van der Waals surface area (Å²) in [7, 11) is -3.07. The van der Waals surface area contributed by atoms with E-state index in [1.807, 2.05) is 17.5 Å². The average Bonchev–Trinajstić information content (AvgIpc) is 3.19. The Kier molecular flexibility index (Phi) is 5.66. The Morgan fingerprint density at radius 3 is 2.80 bits per heavy atom. The molecule has 0 aliphatic carbocycles. The summed E-state index contributed by atoms with van der Waals surface area (Å²) in [5.41, 5.74) is 0. The van der Waals surface area contributed by atoms with Crippen LogP contribution in [-0.4, -0.2) is 43.4 Å². The van der Waals surface area contributed by atoms with Crippen molar-refractivity contribution in [3.8, 4) is 5.75 Å². The van der Waals surface area contributed by atoms with Crippen LogP contribution in [0.5, 0.6) is 5.75 Å². The van der Waals surface area contributed by atoms with E-state index in [0.29, 0.717) is 23.7 Å². The van der Waals surface area contributed by atoms with Crippen LogP contribution in [0.1, 0.15) is 11.3 Å². The number of rotatable bonds is 6. The Morgan fingerprint density at radius 2 is 2.16 bits per heavy atom. The Balaban J connectivity index is 1.70. The van der Waals surface area contributed by atoms with E-state index in [2.05, 4.69) is 0 Å². The van der Waals surface area contributed by atoms with Crippen LogP contribution in [0.3, 0.4) is 0 Å². The van der Waals surface area contributed by atoms with Crippen molar-refractivity contribution >= 4 is 38.7 Å². The fourth-order valence-electron chi connectivity index (χ4n) is 2.80. The summed E-state index contributed by atoms with van der Waals surface area (Å²) in [5, 5.41) is 2.47. The predicted octanol–water partition coefficient (Wildman–Crippen LogP) is 3.00. The maximum atomic E-state index is 12.7.